The summed E-state index contributed by atoms with van der Waals surface area (Å²) in [7, 11) is 0. The first kappa shape index (κ1) is 51.7. The predicted octanol–water partition coefficient (Wildman–Crippen LogP) is -5.11. The third-order valence-electron chi connectivity index (χ3n) is 17.1. The fraction of sp³-hybridized carbons (Fsp3) is 0.932. The average molecular weight is 967 g/mol. The van der Waals surface area contributed by atoms with E-state index >= 15 is 0 Å². The Labute approximate surface area is 386 Å². The summed E-state index contributed by atoms with van der Waals surface area (Å²) in [6, 6.07) is 0. The van der Waals surface area contributed by atoms with Crippen LogP contribution in [0.2, 0.25) is 0 Å². The molecule has 0 aromatic heterocycles. The summed E-state index contributed by atoms with van der Waals surface area (Å²) < 4.78 is 47.2. The zero-order chi connectivity index (χ0) is 48.7. The number of ether oxygens (including phenoxy) is 8. The van der Waals surface area contributed by atoms with Gasteiger partial charge in [0, 0.05) is 0 Å². The molecule has 0 radical (unpaired) electrons. The summed E-state index contributed by atoms with van der Waals surface area (Å²) in [4.78, 5) is 14.2. The lowest BCUT2D eigenvalue weighted by atomic mass is 9.41. The van der Waals surface area contributed by atoms with Crippen molar-refractivity contribution in [1.82, 2.24) is 0 Å². The van der Waals surface area contributed by atoms with Crippen LogP contribution in [0.3, 0.4) is 0 Å². The van der Waals surface area contributed by atoms with Gasteiger partial charge in [0.05, 0.1) is 37.4 Å². The first-order valence-electron chi connectivity index (χ1n) is 23.4. The Hall–Kier alpha value is -1.63. The Bertz CT molecular complexity index is 1760. The molecule has 0 unspecified atom stereocenters. The molecule has 4 aliphatic carbocycles. The van der Waals surface area contributed by atoms with Crippen molar-refractivity contribution in [1.29, 1.82) is 0 Å². The maximum Gasteiger partial charge on any atom is 0.314 e. The van der Waals surface area contributed by atoms with Crippen LogP contribution in [0.15, 0.2) is 12.2 Å². The number of esters is 1. The molecule has 8 fully saturated rings. The molecular formula is C44H70O23. The summed E-state index contributed by atoms with van der Waals surface area (Å²) in [6.45, 7) is 5.47. The molecule has 384 valence electrons. The molecular weight excluding hydrogens is 896 g/mol. The second-order valence-electron chi connectivity index (χ2n) is 20.8. The topological polar surface area (TPSA) is 374 Å². The Morgan fingerprint density at radius 2 is 1.04 bits per heavy atom. The van der Waals surface area contributed by atoms with Crippen LogP contribution in [0.4, 0.5) is 0 Å². The lowest BCUT2D eigenvalue weighted by Gasteiger charge is -2.64. The van der Waals surface area contributed by atoms with Gasteiger partial charge in [-0.1, -0.05) is 19.9 Å². The summed E-state index contributed by atoms with van der Waals surface area (Å²) in [5.41, 5.74) is -2.12. The van der Waals surface area contributed by atoms with Crippen LogP contribution in [0.5, 0.6) is 0 Å². The van der Waals surface area contributed by atoms with Crippen molar-refractivity contribution in [2.45, 2.75) is 200 Å². The lowest BCUT2D eigenvalue weighted by molar-refractivity contribution is -0.390. The molecule has 0 aromatic carbocycles. The average Bonchev–Trinajstić information content (AvgIpc) is 3.50. The molecule has 8 rings (SSSR count). The van der Waals surface area contributed by atoms with E-state index in [4.69, 9.17) is 37.9 Å². The van der Waals surface area contributed by atoms with E-state index in [0.29, 0.717) is 51.4 Å². The molecule has 23 heteroatoms. The van der Waals surface area contributed by atoms with Crippen molar-refractivity contribution in [3.05, 3.63) is 12.2 Å². The summed E-state index contributed by atoms with van der Waals surface area (Å²) >= 11 is 0. The minimum atomic E-state index is -2.00. The van der Waals surface area contributed by atoms with Crippen LogP contribution in [0, 0.1) is 28.1 Å². The number of fused-ring (bicyclic) bond motifs is 3. The SMILES string of the molecule is C=C1C[C@@]23CC[C@H]4[C@@](C)(CCC[C@@]4(C)C(=O)O[C@@H]4O[C@H](CO)[C@@H](O)[C@H](O)[C@H]4O)[C@@H]2CC[C@]1(O[C@@H]1O[C@H](CO)[C@@H](O)[C@H](O)[C@H]1O[C@@H]1O[C@H](CO)[C@@H](O[C@@H]2O[C@H](CO)[C@H](O)[C@H](O)[C@H]2O)[C@H](O)[C@H]1O)C3. The van der Waals surface area contributed by atoms with E-state index in [9.17, 15) is 76.3 Å². The Balaban J connectivity index is 0.982. The second-order valence-corrected chi connectivity index (χ2v) is 20.8. The Morgan fingerprint density at radius 3 is 1.64 bits per heavy atom. The monoisotopic (exact) mass is 966 g/mol. The van der Waals surface area contributed by atoms with Gasteiger partial charge in [0.25, 0.3) is 0 Å². The third kappa shape index (κ3) is 8.63. The van der Waals surface area contributed by atoms with Gasteiger partial charge >= 0.3 is 5.97 Å². The van der Waals surface area contributed by atoms with Gasteiger partial charge in [0.1, 0.15) is 97.7 Å². The van der Waals surface area contributed by atoms with Crippen LogP contribution < -0.4 is 0 Å². The fourth-order valence-electron chi connectivity index (χ4n) is 13.5. The van der Waals surface area contributed by atoms with E-state index in [1.807, 2.05) is 6.92 Å². The smallest absolute Gasteiger partial charge is 0.314 e. The van der Waals surface area contributed by atoms with Crippen molar-refractivity contribution in [3.63, 3.8) is 0 Å². The van der Waals surface area contributed by atoms with Crippen molar-refractivity contribution >= 4 is 5.97 Å². The fourth-order valence-corrected chi connectivity index (χ4v) is 13.5. The number of hydrogen-bond acceptors (Lipinski definition) is 23. The molecule has 4 saturated carbocycles. The van der Waals surface area contributed by atoms with Crippen LogP contribution >= 0.6 is 0 Å². The van der Waals surface area contributed by atoms with Gasteiger partial charge in [-0.15, -0.1) is 0 Å². The first-order valence-corrected chi connectivity index (χ1v) is 23.4. The summed E-state index contributed by atoms with van der Waals surface area (Å²) in [6.07, 6.45) is -28.3. The highest BCUT2D eigenvalue weighted by Crippen LogP contribution is 2.73. The Kier molecular flexibility index (Phi) is 15.0. The van der Waals surface area contributed by atoms with Crippen LogP contribution in [-0.4, -0.2) is 232 Å². The molecule has 14 N–H and O–H groups in total. The molecule has 26 atom stereocenters. The van der Waals surface area contributed by atoms with Gasteiger partial charge in [-0.05, 0) is 86.5 Å². The highest BCUT2D eigenvalue weighted by Gasteiger charge is 2.69. The van der Waals surface area contributed by atoms with Gasteiger partial charge in [0.2, 0.25) is 6.29 Å². The maximum absolute atomic E-state index is 14.2. The Morgan fingerprint density at radius 1 is 0.567 bits per heavy atom. The quantitative estimate of drug-likeness (QED) is 0.0494. The van der Waals surface area contributed by atoms with E-state index in [1.54, 1.807) is 0 Å². The van der Waals surface area contributed by atoms with Crippen molar-refractivity contribution in [3.8, 4) is 0 Å². The molecule has 4 aliphatic heterocycles. The van der Waals surface area contributed by atoms with E-state index in [0.717, 1.165) is 12.0 Å². The van der Waals surface area contributed by atoms with E-state index in [-0.39, 0.29) is 17.3 Å². The largest absolute Gasteiger partial charge is 0.432 e. The van der Waals surface area contributed by atoms with E-state index in [2.05, 4.69) is 13.5 Å². The normalized spacial score (nSPS) is 54.5. The zero-order valence-corrected chi connectivity index (χ0v) is 37.5. The van der Waals surface area contributed by atoms with Crippen LogP contribution in [0.25, 0.3) is 0 Å². The lowest BCUT2D eigenvalue weighted by Crippen LogP contribution is -2.67. The highest BCUT2D eigenvalue weighted by molar-refractivity contribution is 5.77. The van der Waals surface area contributed by atoms with Crippen molar-refractivity contribution < 1.29 is 114 Å². The zero-order valence-electron chi connectivity index (χ0n) is 37.5. The minimum Gasteiger partial charge on any atom is -0.432 e. The van der Waals surface area contributed by atoms with Crippen LogP contribution in [-0.2, 0) is 42.7 Å². The van der Waals surface area contributed by atoms with Gasteiger partial charge in [-0.25, -0.2) is 0 Å². The van der Waals surface area contributed by atoms with Gasteiger partial charge in [-0.2, -0.15) is 0 Å². The summed E-state index contributed by atoms with van der Waals surface area (Å²) in [5.74, 6) is -0.728. The van der Waals surface area contributed by atoms with Crippen LogP contribution in [0.1, 0.15) is 71.6 Å². The first-order chi connectivity index (χ1) is 31.6. The predicted molar refractivity (Wildman–Crippen MR) is 219 cm³/mol. The third-order valence-corrected chi connectivity index (χ3v) is 17.1. The van der Waals surface area contributed by atoms with Crippen molar-refractivity contribution in [2.75, 3.05) is 26.4 Å². The molecule has 4 saturated heterocycles. The van der Waals surface area contributed by atoms with Gasteiger partial charge < -0.3 is 109 Å². The number of aliphatic hydroxyl groups excluding tert-OH is 14. The number of carbonyl (C=O) groups is 1. The van der Waals surface area contributed by atoms with Gasteiger partial charge in [0.15, 0.2) is 18.9 Å². The molecule has 8 aliphatic rings. The maximum atomic E-state index is 14.2. The molecule has 4 heterocycles. The van der Waals surface area contributed by atoms with E-state index < -0.39 is 172 Å². The number of hydrogen-bond donors (Lipinski definition) is 14. The number of aliphatic hydroxyl groups is 14. The standard InChI is InChI=1S/C44H70O23/c1-17-11-43-9-5-22-41(2,7-4-8-42(22,3)40(59)66-38-32(57)28(53)25(50)19(13-46)61-38)23(43)6-10-44(17,16-43)67-39-35(29(54)26(51)20(14-47)62-39)65-37-33(58)30(55)34(21(15-48)63-37)64-36-31(56)27(52)24(49)18(12-45)60-36/h18-39,45-58H,1,4-16H2,2-3H3/t18-,19-,20-,21-,22+,23+,24+,25-,26-,27+,28+,29+,30-,31-,32-,33-,34-,35-,36+,37+,38+,39+,41-,42-,43-,44+/m1/s1. The highest BCUT2D eigenvalue weighted by atomic mass is 16.8. The van der Waals surface area contributed by atoms with Gasteiger partial charge in [-0.3, -0.25) is 4.79 Å². The molecule has 23 nitrogen and oxygen atoms in total. The molecule has 0 aromatic rings. The molecule has 67 heavy (non-hydrogen) atoms. The molecule has 1 spiro atoms. The van der Waals surface area contributed by atoms with Crippen molar-refractivity contribution in [2.24, 2.45) is 28.1 Å². The molecule has 0 amide bonds. The molecule has 2 bridgehead atoms. The minimum absolute atomic E-state index is 0.0622. The second kappa shape index (κ2) is 19.4. The number of carbonyl (C=O) groups excluding carboxylic acids is 1. The van der Waals surface area contributed by atoms with E-state index in [1.165, 1.54) is 0 Å². The summed E-state index contributed by atoms with van der Waals surface area (Å²) in [5, 5.41) is 147. The number of rotatable bonds is 12.